The summed E-state index contributed by atoms with van der Waals surface area (Å²) >= 11 is 0. The fourth-order valence-corrected chi connectivity index (χ4v) is 1.83. The molecule has 21 heavy (non-hydrogen) atoms. The molecule has 0 fully saturated rings. The number of rotatable bonds is 3. The normalized spacial score (nSPS) is 11.8. The van der Waals surface area contributed by atoms with Gasteiger partial charge in [-0.1, -0.05) is 26.8 Å². The summed E-state index contributed by atoms with van der Waals surface area (Å²) in [6.07, 6.45) is 0. The van der Waals surface area contributed by atoms with Gasteiger partial charge in [-0.15, -0.1) is 5.11 Å². The van der Waals surface area contributed by atoms with Crippen molar-refractivity contribution in [2.75, 3.05) is 7.11 Å². The number of ether oxygens (including phenoxy) is 1. The molecule has 0 unspecified atom stereocenters. The average molecular weight is 284 g/mol. The van der Waals surface area contributed by atoms with Gasteiger partial charge in [0, 0.05) is 0 Å². The molecule has 0 atom stereocenters. The average Bonchev–Trinajstić information content (AvgIpc) is 2.45. The molecule has 0 aromatic heterocycles. The second-order valence-electron chi connectivity index (χ2n) is 5.85. The van der Waals surface area contributed by atoms with Crippen LogP contribution in [-0.2, 0) is 5.41 Å². The van der Waals surface area contributed by atoms with E-state index in [1.165, 1.54) is 0 Å². The van der Waals surface area contributed by atoms with Gasteiger partial charge in [-0.25, -0.2) is 0 Å². The van der Waals surface area contributed by atoms with E-state index in [1.807, 2.05) is 36.4 Å². The first-order chi connectivity index (χ1) is 9.90. The Morgan fingerprint density at radius 2 is 1.62 bits per heavy atom. The molecule has 4 nitrogen and oxygen atoms in total. The molecule has 2 aromatic rings. The first-order valence-electron chi connectivity index (χ1n) is 6.79. The lowest BCUT2D eigenvalue weighted by atomic mass is 9.87. The van der Waals surface area contributed by atoms with Crippen molar-refractivity contribution in [1.82, 2.24) is 0 Å². The van der Waals surface area contributed by atoms with Gasteiger partial charge in [-0.2, -0.15) is 5.11 Å². The van der Waals surface area contributed by atoms with Crippen molar-refractivity contribution in [3.8, 4) is 11.5 Å². The molecule has 0 saturated heterocycles. The van der Waals surface area contributed by atoms with Crippen molar-refractivity contribution < 1.29 is 9.84 Å². The Kier molecular flexibility index (Phi) is 4.26. The zero-order chi connectivity index (χ0) is 15.5. The molecule has 0 saturated carbocycles. The molecule has 0 amide bonds. The molecule has 0 radical (unpaired) electrons. The van der Waals surface area contributed by atoms with E-state index in [0.717, 1.165) is 11.3 Å². The third-order valence-electron chi connectivity index (χ3n) is 3.19. The Balaban J connectivity index is 2.27. The van der Waals surface area contributed by atoms with E-state index in [-0.39, 0.29) is 11.2 Å². The number of methoxy groups -OCH3 is 1. The fraction of sp³-hybridized carbons (Fsp3) is 0.294. The Bertz CT molecular complexity index is 641. The molecule has 0 aliphatic rings. The first-order valence-corrected chi connectivity index (χ1v) is 6.79. The summed E-state index contributed by atoms with van der Waals surface area (Å²) in [5.74, 6) is 0.895. The Morgan fingerprint density at radius 1 is 0.952 bits per heavy atom. The van der Waals surface area contributed by atoms with Gasteiger partial charge in [0.1, 0.15) is 17.2 Å². The summed E-state index contributed by atoms with van der Waals surface area (Å²) in [4.78, 5) is 0. The van der Waals surface area contributed by atoms with Gasteiger partial charge in [0.25, 0.3) is 0 Å². The molecule has 0 heterocycles. The van der Waals surface area contributed by atoms with Crippen LogP contribution in [0, 0.1) is 0 Å². The highest BCUT2D eigenvalue weighted by atomic mass is 16.5. The predicted octanol–water partition coefficient (Wildman–Crippen LogP) is 5.11. The van der Waals surface area contributed by atoms with Crippen LogP contribution >= 0.6 is 0 Å². The zero-order valence-corrected chi connectivity index (χ0v) is 12.8. The van der Waals surface area contributed by atoms with Gasteiger partial charge in [0.05, 0.1) is 12.8 Å². The highest BCUT2D eigenvalue weighted by Gasteiger charge is 2.15. The minimum Gasteiger partial charge on any atom is -0.506 e. The fourth-order valence-electron chi connectivity index (χ4n) is 1.83. The van der Waals surface area contributed by atoms with Crippen molar-refractivity contribution in [3.63, 3.8) is 0 Å². The quantitative estimate of drug-likeness (QED) is 0.796. The molecule has 2 rings (SSSR count). The highest BCUT2D eigenvalue weighted by molar-refractivity contribution is 5.54. The summed E-state index contributed by atoms with van der Waals surface area (Å²) in [5, 5.41) is 18.2. The van der Waals surface area contributed by atoms with Crippen LogP contribution in [0.25, 0.3) is 0 Å². The summed E-state index contributed by atoms with van der Waals surface area (Å²) in [5.41, 5.74) is 2.27. The molecule has 0 aliphatic carbocycles. The summed E-state index contributed by atoms with van der Waals surface area (Å²) in [7, 11) is 1.62. The van der Waals surface area contributed by atoms with E-state index in [4.69, 9.17) is 4.74 Å². The number of phenolic OH excluding ortho intramolecular Hbond substituents is 1. The monoisotopic (exact) mass is 284 g/mol. The van der Waals surface area contributed by atoms with E-state index in [1.54, 1.807) is 13.2 Å². The molecule has 4 heteroatoms. The molecule has 0 aliphatic heterocycles. The van der Waals surface area contributed by atoms with Crippen LogP contribution < -0.4 is 4.74 Å². The lowest BCUT2D eigenvalue weighted by Gasteiger charge is -2.19. The Morgan fingerprint density at radius 3 is 2.19 bits per heavy atom. The van der Waals surface area contributed by atoms with Crippen LogP contribution in [0.3, 0.4) is 0 Å². The van der Waals surface area contributed by atoms with E-state index in [9.17, 15) is 5.11 Å². The van der Waals surface area contributed by atoms with Crippen LogP contribution in [0.2, 0.25) is 0 Å². The van der Waals surface area contributed by atoms with E-state index >= 15 is 0 Å². The standard InChI is InChI=1S/C17H20N2O2/c1-17(2,3)12-5-10-16(20)15(11-12)19-18-13-6-8-14(21-4)9-7-13/h5-11,20H,1-4H3. The van der Waals surface area contributed by atoms with Gasteiger partial charge < -0.3 is 9.84 Å². The molecule has 2 aromatic carbocycles. The third-order valence-corrected chi connectivity index (χ3v) is 3.19. The van der Waals surface area contributed by atoms with Crippen molar-refractivity contribution >= 4 is 11.4 Å². The number of phenols is 1. The van der Waals surface area contributed by atoms with Gasteiger partial charge in [-0.3, -0.25) is 0 Å². The number of nitrogens with zero attached hydrogens (tertiary/aromatic N) is 2. The molecule has 0 spiro atoms. The number of hydrogen-bond donors (Lipinski definition) is 1. The molecule has 1 N–H and O–H groups in total. The minimum atomic E-state index is -0.00190. The number of aromatic hydroxyl groups is 1. The topological polar surface area (TPSA) is 54.2 Å². The largest absolute Gasteiger partial charge is 0.506 e. The van der Waals surface area contributed by atoms with Crippen molar-refractivity contribution in [3.05, 3.63) is 48.0 Å². The lowest BCUT2D eigenvalue weighted by Crippen LogP contribution is -2.10. The Hall–Kier alpha value is -2.36. The van der Waals surface area contributed by atoms with Crippen LogP contribution in [0.4, 0.5) is 11.4 Å². The molecular weight excluding hydrogens is 264 g/mol. The molecular formula is C17H20N2O2. The SMILES string of the molecule is COc1ccc(N=Nc2cc(C(C)(C)C)ccc2O)cc1. The predicted molar refractivity (Wildman–Crippen MR) is 84.0 cm³/mol. The highest BCUT2D eigenvalue weighted by Crippen LogP contribution is 2.33. The van der Waals surface area contributed by atoms with Gasteiger partial charge in [0.2, 0.25) is 0 Å². The van der Waals surface area contributed by atoms with Crippen LogP contribution in [0.15, 0.2) is 52.7 Å². The lowest BCUT2D eigenvalue weighted by molar-refractivity contribution is 0.415. The first kappa shape index (κ1) is 15.0. The second kappa shape index (κ2) is 5.95. The van der Waals surface area contributed by atoms with E-state index in [0.29, 0.717) is 11.4 Å². The Labute approximate surface area is 125 Å². The summed E-state index contributed by atoms with van der Waals surface area (Å²) in [6, 6.07) is 12.7. The number of azo groups is 1. The van der Waals surface area contributed by atoms with Crippen molar-refractivity contribution in [1.29, 1.82) is 0 Å². The van der Waals surface area contributed by atoms with Crippen molar-refractivity contribution in [2.45, 2.75) is 26.2 Å². The van der Waals surface area contributed by atoms with Crippen molar-refractivity contribution in [2.24, 2.45) is 10.2 Å². The molecule has 110 valence electrons. The maximum Gasteiger partial charge on any atom is 0.143 e. The van der Waals surface area contributed by atoms with Gasteiger partial charge in [-0.05, 0) is 47.4 Å². The van der Waals surface area contributed by atoms with Crippen LogP contribution in [0.5, 0.6) is 11.5 Å². The smallest absolute Gasteiger partial charge is 0.143 e. The number of benzene rings is 2. The van der Waals surface area contributed by atoms with Crippen LogP contribution in [0.1, 0.15) is 26.3 Å². The second-order valence-corrected chi connectivity index (χ2v) is 5.85. The zero-order valence-electron chi connectivity index (χ0n) is 12.8. The summed E-state index contributed by atoms with van der Waals surface area (Å²) < 4.78 is 5.09. The summed E-state index contributed by atoms with van der Waals surface area (Å²) in [6.45, 7) is 6.34. The van der Waals surface area contributed by atoms with Gasteiger partial charge >= 0.3 is 0 Å². The van der Waals surface area contributed by atoms with E-state index < -0.39 is 0 Å². The minimum absolute atomic E-state index is 0.00190. The number of hydrogen-bond acceptors (Lipinski definition) is 4. The maximum atomic E-state index is 9.89. The molecule has 0 bridgehead atoms. The van der Waals surface area contributed by atoms with Gasteiger partial charge in [0.15, 0.2) is 0 Å². The van der Waals surface area contributed by atoms with Crippen LogP contribution in [-0.4, -0.2) is 12.2 Å². The maximum absolute atomic E-state index is 9.89. The van der Waals surface area contributed by atoms with E-state index in [2.05, 4.69) is 31.0 Å². The third kappa shape index (κ3) is 3.81.